The first-order chi connectivity index (χ1) is 9.83. The second-order valence-electron chi connectivity index (χ2n) is 5.58. The SMILES string of the molecule is CC(C)(CCNC(=O)CCC(=O)c1ccccc1)C(=O)O. The predicted octanol–water partition coefficient (Wildman–Crippen LogP) is 2.27. The van der Waals surface area contributed by atoms with Crippen LogP contribution in [0.4, 0.5) is 0 Å². The Bertz CT molecular complexity index is 508. The maximum absolute atomic E-state index is 11.8. The minimum Gasteiger partial charge on any atom is -0.481 e. The number of carbonyl (C=O) groups excluding carboxylic acids is 2. The fourth-order valence-electron chi connectivity index (χ4n) is 1.71. The summed E-state index contributed by atoms with van der Waals surface area (Å²) in [6.07, 6.45) is 0.611. The molecule has 0 saturated carbocycles. The van der Waals surface area contributed by atoms with Crippen LogP contribution in [0.5, 0.6) is 0 Å². The topological polar surface area (TPSA) is 83.5 Å². The summed E-state index contributed by atoms with van der Waals surface area (Å²) >= 11 is 0. The third-order valence-corrected chi connectivity index (χ3v) is 3.33. The summed E-state index contributed by atoms with van der Waals surface area (Å²) < 4.78 is 0. The zero-order valence-corrected chi connectivity index (χ0v) is 12.4. The van der Waals surface area contributed by atoms with E-state index in [1.54, 1.807) is 38.1 Å². The van der Waals surface area contributed by atoms with E-state index in [4.69, 9.17) is 5.11 Å². The lowest BCUT2D eigenvalue weighted by molar-refractivity contribution is -0.147. The highest BCUT2D eigenvalue weighted by atomic mass is 16.4. The first-order valence-corrected chi connectivity index (χ1v) is 6.91. The second-order valence-corrected chi connectivity index (χ2v) is 5.58. The number of amides is 1. The van der Waals surface area contributed by atoms with Crippen LogP contribution in [-0.2, 0) is 9.59 Å². The van der Waals surface area contributed by atoms with Crippen molar-refractivity contribution in [3.05, 3.63) is 35.9 Å². The first kappa shape index (κ1) is 16.9. The molecule has 0 aliphatic heterocycles. The third kappa shape index (κ3) is 5.77. The van der Waals surface area contributed by atoms with Crippen LogP contribution in [0, 0.1) is 5.41 Å². The Labute approximate surface area is 124 Å². The minimum atomic E-state index is -0.893. The molecule has 0 saturated heterocycles. The van der Waals surface area contributed by atoms with Crippen molar-refractivity contribution in [1.82, 2.24) is 5.32 Å². The maximum Gasteiger partial charge on any atom is 0.309 e. The number of nitrogens with one attached hydrogen (secondary N) is 1. The molecular weight excluding hydrogens is 270 g/mol. The molecule has 5 nitrogen and oxygen atoms in total. The Morgan fingerprint density at radius 1 is 1.10 bits per heavy atom. The molecule has 114 valence electrons. The largest absolute Gasteiger partial charge is 0.481 e. The molecule has 0 aromatic heterocycles. The molecule has 0 atom stereocenters. The molecule has 1 aromatic carbocycles. The monoisotopic (exact) mass is 291 g/mol. The molecule has 1 aromatic rings. The van der Waals surface area contributed by atoms with Gasteiger partial charge in [-0.15, -0.1) is 0 Å². The van der Waals surface area contributed by atoms with Crippen LogP contribution >= 0.6 is 0 Å². The van der Waals surface area contributed by atoms with Gasteiger partial charge in [-0.3, -0.25) is 14.4 Å². The van der Waals surface area contributed by atoms with E-state index < -0.39 is 11.4 Å². The smallest absolute Gasteiger partial charge is 0.309 e. The van der Waals surface area contributed by atoms with E-state index >= 15 is 0 Å². The Kier molecular flexibility index (Phi) is 6.09. The summed E-state index contributed by atoms with van der Waals surface area (Å²) in [4.78, 5) is 34.3. The second kappa shape index (κ2) is 7.57. The zero-order chi connectivity index (χ0) is 15.9. The number of hydrogen-bond donors (Lipinski definition) is 2. The number of hydrogen-bond acceptors (Lipinski definition) is 3. The minimum absolute atomic E-state index is 0.0726. The number of rotatable bonds is 8. The van der Waals surface area contributed by atoms with Gasteiger partial charge in [-0.05, 0) is 20.3 Å². The average molecular weight is 291 g/mol. The molecule has 0 spiro atoms. The number of aliphatic carboxylic acids is 1. The van der Waals surface area contributed by atoms with Gasteiger partial charge in [0.25, 0.3) is 0 Å². The maximum atomic E-state index is 11.8. The highest BCUT2D eigenvalue weighted by molar-refractivity contribution is 5.97. The lowest BCUT2D eigenvalue weighted by Gasteiger charge is -2.18. The molecule has 0 aliphatic carbocycles. The number of carbonyl (C=O) groups is 3. The molecule has 21 heavy (non-hydrogen) atoms. The molecule has 5 heteroatoms. The quantitative estimate of drug-likeness (QED) is 0.720. The van der Waals surface area contributed by atoms with Crippen LogP contribution in [0.3, 0.4) is 0 Å². The predicted molar refractivity (Wildman–Crippen MR) is 79.1 cm³/mol. The van der Waals surface area contributed by atoms with Crippen LogP contribution in [0.15, 0.2) is 30.3 Å². The van der Waals surface area contributed by atoms with E-state index in [1.165, 1.54) is 0 Å². The number of carboxylic acids is 1. The highest BCUT2D eigenvalue weighted by Gasteiger charge is 2.26. The fraction of sp³-hybridized carbons (Fsp3) is 0.438. The first-order valence-electron chi connectivity index (χ1n) is 6.91. The van der Waals surface area contributed by atoms with Gasteiger partial charge in [-0.25, -0.2) is 0 Å². The van der Waals surface area contributed by atoms with E-state index in [1.807, 2.05) is 6.07 Å². The van der Waals surface area contributed by atoms with Crippen molar-refractivity contribution < 1.29 is 19.5 Å². The number of benzene rings is 1. The van der Waals surface area contributed by atoms with Crippen molar-refractivity contribution >= 4 is 17.7 Å². The Balaban J connectivity index is 2.29. The molecule has 1 rings (SSSR count). The van der Waals surface area contributed by atoms with Crippen molar-refractivity contribution in [2.75, 3.05) is 6.54 Å². The van der Waals surface area contributed by atoms with Crippen molar-refractivity contribution in [2.45, 2.75) is 33.1 Å². The summed E-state index contributed by atoms with van der Waals surface area (Å²) in [7, 11) is 0. The zero-order valence-electron chi connectivity index (χ0n) is 12.4. The van der Waals surface area contributed by atoms with Crippen LogP contribution in [-0.4, -0.2) is 29.3 Å². The lowest BCUT2D eigenvalue weighted by atomic mass is 9.90. The normalized spacial score (nSPS) is 11.0. The molecule has 0 heterocycles. The van der Waals surface area contributed by atoms with Crippen molar-refractivity contribution in [2.24, 2.45) is 5.41 Å². The molecule has 0 radical (unpaired) electrons. The van der Waals surface area contributed by atoms with E-state index in [-0.39, 0.29) is 31.1 Å². The van der Waals surface area contributed by atoms with E-state index in [9.17, 15) is 14.4 Å². The van der Waals surface area contributed by atoms with Gasteiger partial charge in [0.2, 0.25) is 5.91 Å². The van der Waals surface area contributed by atoms with Crippen LogP contribution in [0.2, 0.25) is 0 Å². The van der Waals surface area contributed by atoms with Gasteiger partial charge in [0.15, 0.2) is 5.78 Å². The van der Waals surface area contributed by atoms with Crippen LogP contribution < -0.4 is 5.32 Å². The van der Waals surface area contributed by atoms with E-state index in [2.05, 4.69) is 5.32 Å². The molecule has 0 bridgehead atoms. The molecule has 0 fully saturated rings. The molecule has 0 aliphatic rings. The summed E-state index contributed by atoms with van der Waals surface area (Å²) in [5, 5.41) is 11.6. The average Bonchev–Trinajstić information content (AvgIpc) is 2.45. The fourth-order valence-corrected chi connectivity index (χ4v) is 1.71. The summed E-state index contributed by atoms with van der Waals surface area (Å²) in [5.41, 5.74) is -0.273. The van der Waals surface area contributed by atoms with Gasteiger partial charge in [-0.1, -0.05) is 30.3 Å². The van der Waals surface area contributed by atoms with Gasteiger partial charge in [0, 0.05) is 24.9 Å². The van der Waals surface area contributed by atoms with Crippen molar-refractivity contribution in [3.63, 3.8) is 0 Å². The van der Waals surface area contributed by atoms with Gasteiger partial charge in [0.05, 0.1) is 5.41 Å². The van der Waals surface area contributed by atoms with Crippen LogP contribution in [0.1, 0.15) is 43.5 Å². The van der Waals surface area contributed by atoms with Crippen LogP contribution in [0.25, 0.3) is 0 Å². The van der Waals surface area contributed by atoms with E-state index in [0.717, 1.165) is 0 Å². The molecule has 0 unspecified atom stereocenters. The Hall–Kier alpha value is -2.17. The molecule has 2 N–H and O–H groups in total. The summed E-state index contributed by atoms with van der Waals surface area (Å²) in [6.45, 7) is 3.51. The van der Waals surface area contributed by atoms with Gasteiger partial charge in [0.1, 0.15) is 0 Å². The van der Waals surface area contributed by atoms with Gasteiger partial charge < -0.3 is 10.4 Å². The van der Waals surface area contributed by atoms with Crippen molar-refractivity contribution in [1.29, 1.82) is 0 Å². The number of carboxylic acid groups (broad SMARTS) is 1. The van der Waals surface area contributed by atoms with Gasteiger partial charge in [-0.2, -0.15) is 0 Å². The molecular formula is C16H21NO4. The number of Topliss-reactive ketones (excluding diaryl/α,β-unsaturated/α-hetero) is 1. The van der Waals surface area contributed by atoms with Crippen molar-refractivity contribution in [3.8, 4) is 0 Å². The highest BCUT2D eigenvalue weighted by Crippen LogP contribution is 2.19. The third-order valence-electron chi connectivity index (χ3n) is 3.33. The van der Waals surface area contributed by atoms with Gasteiger partial charge >= 0.3 is 5.97 Å². The lowest BCUT2D eigenvalue weighted by Crippen LogP contribution is -2.32. The summed E-state index contributed by atoms with van der Waals surface area (Å²) in [6, 6.07) is 8.82. The Morgan fingerprint density at radius 2 is 1.71 bits per heavy atom. The van der Waals surface area contributed by atoms with E-state index in [0.29, 0.717) is 12.0 Å². The Morgan fingerprint density at radius 3 is 2.29 bits per heavy atom. The number of ketones is 1. The summed E-state index contributed by atoms with van der Waals surface area (Å²) in [5.74, 6) is -1.20. The molecule has 1 amide bonds. The standard InChI is InChI=1S/C16H21NO4/c1-16(2,15(20)21)10-11-17-14(19)9-8-13(18)12-6-4-3-5-7-12/h3-7H,8-11H2,1-2H3,(H,17,19)(H,20,21).